The summed E-state index contributed by atoms with van der Waals surface area (Å²) in [5.74, 6) is -0.135. The summed E-state index contributed by atoms with van der Waals surface area (Å²) in [6.45, 7) is 0. The summed E-state index contributed by atoms with van der Waals surface area (Å²) in [6.07, 6.45) is 8.41. The molecule has 1 aliphatic carbocycles. The lowest BCUT2D eigenvalue weighted by molar-refractivity contribution is -0.119. The molecule has 6 heteroatoms. The van der Waals surface area contributed by atoms with Crippen LogP contribution in [0.5, 0.6) is 0 Å². The van der Waals surface area contributed by atoms with Gasteiger partial charge >= 0.3 is 0 Å². The van der Waals surface area contributed by atoms with Crippen LogP contribution in [0.1, 0.15) is 47.7 Å². The summed E-state index contributed by atoms with van der Waals surface area (Å²) in [7, 11) is 0. The summed E-state index contributed by atoms with van der Waals surface area (Å²) in [6, 6.07) is 7.31. The molecule has 0 saturated heterocycles. The van der Waals surface area contributed by atoms with Crippen LogP contribution in [0.4, 0.5) is 5.69 Å². The molecule has 5 nitrogen and oxygen atoms in total. The van der Waals surface area contributed by atoms with Crippen LogP contribution >= 0.6 is 11.3 Å². The molecule has 2 aliphatic rings. The third-order valence-electron chi connectivity index (χ3n) is 5.75. The smallest absolute Gasteiger partial charge is 0.263 e. The van der Waals surface area contributed by atoms with E-state index in [0.29, 0.717) is 6.42 Å². The van der Waals surface area contributed by atoms with Gasteiger partial charge in [0.2, 0.25) is 5.91 Å². The Labute approximate surface area is 161 Å². The number of aromatic nitrogens is 2. The first-order valence-corrected chi connectivity index (χ1v) is 10.4. The number of amides is 1. The lowest BCUT2D eigenvalue weighted by atomic mass is 10.1. The zero-order chi connectivity index (χ0) is 18.4. The van der Waals surface area contributed by atoms with E-state index in [2.05, 4.69) is 10.3 Å². The fourth-order valence-electron chi connectivity index (χ4n) is 4.32. The lowest BCUT2D eigenvalue weighted by Crippen LogP contribution is -2.33. The summed E-state index contributed by atoms with van der Waals surface area (Å²) in [5, 5.41) is 3.73. The molecule has 1 aromatic carbocycles. The third-order valence-corrected chi connectivity index (χ3v) is 6.95. The Morgan fingerprint density at radius 1 is 1.07 bits per heavy atom. The Morgan fingerprint density at radius 2 is 1.93 bits per heavy atom. The number of nitrogens with one attached hydrogen (secondary N) is 1. The van der Waals surface area contributed by atoms with E-state index in [9.17, 15) is 9.59 Å². The normalized spacial score (nSPS) is 19.7. The van der Waals surface area contributed by atoms with Gasteiger partial charge in [0.05, 0.1) is 11.7 Å². The van der Waals surface area contributed by atoms with E-state index in [1.165, 1.54) is 23.3 Å². The summed E-state index contributed by atoms with van der Waals surface area (Å²) in [5.41, 5.74) is 3.07. The third kappa shape index (κ3) is 2.79. The first-order valence-electron chi connectivity index (χ1n) is 9.62. The van der Waals surface area contributed by atoms with E-state index in [-0.39, 0.29) is 11.5 Å². The van der Waals surface area contributed by atoms with Gasteiger partial charge in [-0.3, -0.25) is 14.2 Å². The highest BCUT2D eigenvalue weighted by molar-refractivity contribution is 7.18. The molecular weight excluding hydrogens is 358 g/mol. The molecular formula is C21H21N3O2S. The zero-order valence-corrected chi connectivity index (χ0v) is 15.8. The van der Waals surface area contributed by atoms with E-state index in [4.69, 9.17) is 0 Å². The van der Waals surface area contributed by atoms with Gasteiger partial charge in [0.25, 0.3) is 5.56 Å². The molecule has 0 bridgehead atoms. The van der Waals surface area contributed by atoms with Gasteiger partial charge in [0.15, 0.2) is 0 Å². The molecule has 138 valence electrons. The average molecular weight is 379 g/mol. The van der Waals surface area contributed by atoms with E-state index in [1.54, 1.807) is 22.2 Å². The van der Waals surface area contributed by atoms with Crippen molar-refractivity contribution in [3.63, 3.8) is 0 Å². The van der Waals surface area contributed by atoms with Gasteiger partial charge in [-0.2, -0.15) is 0 Å². The maximum atomic E-state index is 13.4. The number of benzene rings is 1. The van der Waals surface area contributed by atoms with E-state index in [0.717, 1.165) is 47.2 Å². The first-order chi connectivity index (χ1) is 13.2. The lowest BCUT2D eigenvalue weighted by Gasteiger charge is -2.16. The largest absolute Gasteiger partial charge is 0.324 e. The number of nitrogens with zero attached hydrogens (tertiary/aromatic N) is 2. The van der Waals surface area contributed by atoms with Crippen molar-refractivity contribution in [3.05, 3.63) is 57.0 Å². The Balaban J connectivity index is 1.59. The van der Waals surface area contributed by atoms with Crippen molar-refractivity contribution in [3.8, 4) is 0 Å². The SMILES string of the molecule is O=C1Nc2ccccc2CCC1n1cnc2sc3c(c2c1=O)CCCCC3. The molecule has 1 aliphatic heterocycles. The van der Waals surface area contributed by atoms with Crippen LogP contribution in [-0.2, 0) is 24.1 Å². The topological polar surface area (TPSA) is 64.0 Å². The van der Waals surface area contributed by atoms with E-state index in [1.807, 2.05) is 24.3 Å². The Bertz CT molecular complexity index is 1100. The predicted molar refractivity (Wildman–Crippen MR) is 108 cm³/mol. The number of fused-ring (bicyclic) bond motifs is 4. The van der Waals surface area contributed by atoms with Crippen LogP contribution < -0.4 is 10.9 Å². The molecule has 0 spiro atoms. The minimum atomic E-state index is -0.525. The molecule has 2 aromatic heterocycles. The fraction of sp³-hybridized carbons (Fsp3) is 0.381. The number of para-hydroxylation sites is 1. The van der Waals surface area contributed by atoms with Crippen molar-refractivity contribution in [2.24, 2.45) is 0 Å². The number of hydrogen-bond donors (Lipinski definition) is 1. The van der Waals surface area contributed by atoms with Crippen LogP contribution in [0, 0.1) is 0 Å². The number of anilines is 1. The molecule has 0 radical (unpaired) electrons. The molecule has 27 heavy (non-hydrogen) atoms. The van der Waals surface area contributed by atoms with E-state index < -0.39 is 6.04 Å². The number of thiophene rings is 1. The standard InChI is InChI=1S/C21H21N3O2S/c25-19-16(11-10-13-6-4-5-8-15(13)23-19)24-12-22-20-18(21(24)26)14-7-2-1-3-9-17(14)27-20/h4-6,8,12,16H,1-3,7,9-11H2,(H,23,25). The summed E-state index contributed by atoms with van der Waals surface area (Å²) in [4.78, 5) is 32.9. The summed E-state index contributed by atoms with van der Waals surface area (Å²) >= 11 is 1.65. The van der Waals surface area contributed by atoms with Crippen molar-refractivity contribution in [1.29, 1.82) is 0 Å². The molecule has 0 saturated carbocycles. The predicted octanol–water partition coefficient (Wildman–Crippen LogP) is 3.85. The highest BCUT2D eigenvalue weighted by Gasteiger charge is 2.28. The minimum absolute atomic E-state index is 0.0643. The number of carbonyl (C=O) groups is 1. The molecule has 1 unspecified atom stereocenters. The second-order valence-electron chi connectivity index (χ2n) is 7.40. The highest BCUT2D eigenvalue weighted by atomic mass is 32.1. The first kappa shape index (κ1) is 16.7. The van der Waals surface area contributed by atoms with Crippen LogP contribution in [0.3, 0.4) is 0 Å². The van der Waals surface area contributed by atoms with Gasteiger partial charge in [-0.25, -0.2) is 4.98 Å². The molecule has 1 N–H and O–H groups in total. The van der Waals surface area contributed by atoms with Crippen LogP contribution in [0.25, 0.3) is 10.2 Å². The molecule has 1 amide bonds. The number of hydrogen-bond acceptors (Lipinski definition) is 4. The Morgan fingerprint density at radius 3 is 2.85 bits per heavy atom. The minimum Gasteiger partial charge on any atom is -0.324 e. The second kappa shape index (κ2) is 6.60. The highest BCUT2D eigenvalue weighted by Crippen LogP contribution is 2.33. The van der Waals surface area contributed by atoms with Crippen LogP contribution in [0.2, 0.25) is 0 Å². The molecule has 1 atom stereocenters. The Kier molecular flexibility index (Phi) is 4.08. The van der Waals surface area contributed by atoms with E-state index >= 15 is 0 Å². The van der Waals surface area contributed by atoms with Gasteiger partial charge < -0.3 is 5.32 Å². The van der Waals surface area contributed by atoms with Crippen LogP contribution in [0.15, 0.2) is 35.4 Å². The van der Waals surface area contributed by atoms with Crippen molar-refractivity contribution < 1.29 is 4.79 Å². The monoisotopic (exact) mass is 379 g/mol. The van der Waals surface area contributed by atoms with Gasteiger partial charge in [-0.05, 0) is 55.7 Å². The van der Waals surface area contributed by atoms with Crippen molar-refractivity contribution in [2.45, 2.75) is 51.0 Å². The van der Waals surface area contributed by atoms with Crippen LogP contribution in [-0.4, -0.2) is 15.5 Å². The average Bonchev–Trinajstić information content (AvgIpc) is 2.80. The number of carbonyl (C=O) groups excluding carboxylic acids is 1. The summed E-state index contributed by atoms with van der Waals surface area (Å²) < 4.78 is 1.56. The molecule has 0 fully saturated rings. The van der Waals surface area contributed by atoms with Crippen molar-refractivity contribution in [1.82, 2.24) is 9.55 Å². The molecule has 3 aromatic rings. The second-order valence-corrected chi connectivity index (χ2v) is 8.49. The van der Waals surface area contributed by atoms with Gasteiger partial charge in [0.1, 0.15) is 10.9 Å². The Hall–Kier alpha value is -2.47. The van der Waals surface area contributed by atoms with Gasteiger partial charge in [0, 0.05) is 10.6 Å². The molecule has 3 heterocycles. The van der Waals surface area contributed by atoms with Crippen molar-refractivity contribution in [2.75, 3.05) is 5.32 Å². The maximum Gasteiger partial charge on any atom is 0.263 e. The fourth-order valence-corrected chi connectivity index (χ4v) is 5.54. The quantitative estimate of drug-likeness (QED) is 0.653. The van der Waals surface area contributed by atoms with Crippen molar-refractivity contribution >= 4 is 33.1 Å². The maximum absolute atomic E-state index is 13.4. The van der Waals surface area contributed by atoms with Gasteiger partial charge in [-0.1, -0.05) is 24.6 Å². The molecule has 5 rings (SSSR count). The zero-order valence-electron chi connectivity index (χ0n) is 15.0. The van der Waals surface area contributed by atoms with Gasteiger partial charge in [-0.15, -0.1) is 11.3 Å². The number of aryl methyl sites for hydroxylation is 3. The number of rotatable bonds is 1.